The lowest BCUT2D eigenvalue weighted by molar-refractivity contribution is -0.127. The van der Waals surface area contributed by atoms with Crippen molar-refractivity contribution in [2.75, 3.05) is 26.7 Å². The van der Waals surface area contributed by atoms with Crippen LogP contribution in [-0.4, -0.2) is 54.4 Å². The maximum absolute atomic E-state index is 13.1. The van der Waals surface area contributed by atoms with E-state index in [9.17, 15) is 9.59 Å². The van der Waals surface area contributed by atoms with Gasteiger partial charge in [0.1, 0.15) is 5.75 Å². The molecular weight excluding hydrogens is 340 g/mol. The highest BCUT2D eigenvalue weighted by molar-refractivity contribution is 6.30. The van der Waals surface area contributed by atoms with E-state index >= 15 is 0 Å². The van der Waals surface area contributed by atoms with Crippen LogP contribution in [0.2, 0.25) is 5.02 Å². The van der Waals surface area contributed by atoms with Gasteiger partial charge in [-0.2, -0.15) is 0 Å². The Bertz CT molecular complexity index is 650. The maximum atomic E-state index is 13.1. The van der Waals surface area contributed by atoms with Crippen molar-refractivity contribution in [1.29, 1.82) is 0 Å². The molecule has 136 valence electrons. The Morgan fingerprint density at radius 1 is 1.28 bits per heavy atom. The predicted molar refractivity (Wildman–Crippen MR) is 97.1 cm³/mol. The second kappa shape index (κ2) is 8.09. The van der Waals surface area contributed by atoms with Gasteiger partial charge in [0.25, 0.3) is 5.91 Å². The van der Waals surface area contributed by atoms with E-state index < -0.39 is 0 Å². The van der Waals surface area contributed by atoms with Gasteiger partial charge in [0, 0.05) is 37.1 Å². The Morgan fingerprint density at radius 3 is 2.84 bits per heavy atom. The summed E-state index contributed by atoms with van der Waals surface area (Å²) in [5.74, 6) is 0.746. The van der Waals surface area contributed by atoms with E-state index in [0.29, 0.717) is 22.8 Å². The van der Waals surface area contributed by atoms with Crippen LogP contribution >= 0.6 is 11.6 Å². The van der Waals surface area contributed by atoms with Crippen LogP contribution in [0.1, 0.15) is 48.9 Å². The van der Waals surface area contributed by atoms with Crippen LogP contribution in [0.3, 0.4) is 0 Å². The third kappa shape index (κ3) is 4.09. The van der Waals surface area contributed by atoms with Gasteiger partial charge in [-0.25, -0.2) is 0 Å². The van der Waals surface area contributed by atoms with Crippen molar-refractivity contribution in [1.82, 2.24) is 9.80 Å². The zero-order valence-corrected chi connectivity index (χ0v) is 15.4. The number of carbonyl (C=O) groups is 2. The summed E-state index contributed by atoms with van der Waals surface area (Å²) in [6.45, 7) is 2.35. The molecule has 0 aromatic heterocycles. The number of amides is 2. The highest BCUT2D eigenvalue weighted by Crippen LogP contribution is 2.28. The lowest BCUT2D eigenvalue weighted by atomic mass is 9.97. The van der Waals surface area contributed by atoms with Gasteiger partial charge < -0.3 is 14.5 Å². The number of likely N-dealkylation sites (tertiary alicyclic amines) is 2. The first-order valence-corrected chi connectivity index (χ1v) is 9.40. The van der Waals surface area contributed by atoms with Gasteiger partial charge in [0.05, 0.1) is 12.7 Å². The number of halogens is 1. The van der Waals surface area contributed by atoms with Gasteiger partial charge in [-0.3, -0.25) is 9.59 Å². The summed E-state index contributed by atoms with van der Waals surface area (Å²) in [7, 11) is 1.55. The van der Waals surface area contributed by atoms with E-state index in [1.165, 1.54) is 0 Å². The molecule has 0 spiro atoms. The minimum atomic E-state index is -0.00837. The fraction of sp³-hybridized carbons (Fsp3) is 0.579. The first kappa shape index (κ1) is 18.1. The summed E-state index contributed by atoms with van der Waals surface area (Å²) in [5, 5.41) is 0.552. The SMILES string of the molecule is COc1cc(Cl)ccc1C(=O)N1CCCC[C@@H]1CCN1CCCC1=O. The summed E-state index contributed by atoms with van der Waals surface area (Å²) in [6, 6.07) is 5.31. The number of carbonyl (C=O) groups excluding carboxylic acids is 2. The summed E-state index contributed by atoms with van der Waals surface area (Å²) in [5.41, 5.74) is 0.552. The van der Waals surface area contributed by atoms with E-state index in [2.05, 4.69) is 0 Å². The molecule has 3 rings (SSSR count). The molecule has 2 saturated heterocycles. The third-order valence-corrected chi connectivity index (χ3v) is 5.42. The molecule has 1 aromatic carbocycles. The summed E-state index contributed by atoms with van der Waals surface area (Å²) in [4.78, 5) is 28.8. The van der Waals surface area contributed by atoms with Crippen molar-refractivity contribution in [2.24, 2.45) is 0 Å². The lowest BCUT2D eigenvalue weighted by Crippen LogP contribution is -2.45. The minimum absolute atomic E-state index is 0.00837. The molecule has 0 N–H and O–H groups in total. The number of methoxy groups -OCH3 is 1. The van der Waals surface area contributed by atoms with Crippen molar-refractivity contribution < 1.29 is 14.3 Å². The van der Waals surface area contributed by atoms with Crippen molar-refractivity contribution in [3.05, 3.63) is 28.8 Å². The molecule has 25 heavy (non-hydrogen) atoms. The van der Waals surface area contributed by atoms with Crippen molar-refractivity contribution in [2.45, 2.75) is 44.6 Å². The molecule has 0 unspecified atom stereocenters. The first-order valence-electron chi connectivity index (χ1n) is 9.02. The van der Waals surface area contributed by atoms with Crippen molar-refractivity contribution in [3.8, 4) is 5.75 Å². The molecule has 2 aliphatic rings. The third-order valence-electron chi connectivity index (χ3n) is 5.19. The van der Waals surface area contributed by atoms with Gasteiger partial charge in [-0.15, -0.1) is 0 Å². The summed E-state index contributed by atoms with van der Waals surface area (Å²) < 4.78 is 5.34. The fourth-order valence-electron chi connectivity index (χ4n) is 3.81. The Morgan fingerprint density at radius 2 is 2.12 bits per heavy atom. The molecule has 2 heterocycles. The predicted octanol–water partition coefficient (Wildman–Crippen LogP) is 3.36. The van der Waals surface area contributed by atoms with Crippen molar-refractivity contribution >= 4 is 23.4 Å². The second-order valence-corrected chi connectivity index (χ2v) is 7.20. The molecule has 2 fully saturated rings. The largest absolute Gasteiger partial charge is 0.496 e. The van der Waals surface area contributed by atoms with Crippen LogP contribution in [0.5, 0.6) is 5.75 Å². The lowest BCUT2D eigenvalue weighted by Gasteiger charge is -2.37. The fourth-order valence-corrected chi connectivity index (χ4v) is 3.97. The number of hydrogen-bond acceptors (Lipinski definition) is 3. The Kier molecular flexibility index (Phi) is 5.84. The van der Waals surface area contributed by atoms with Gasteiger partial charge in [-0.1, -0.05) is 11.6 Å². The minimum Gasteiger partial charge on any atom is -0.496 e. The van der Waals surface area contributed by atoms with E-state index in [1.54, 1.807) is 25.3 Å². The molecule has 5 nitrogen and oxygen atoms in total. The monoisotopic (exact) mass is 364 g/mol. The summed E-state index contributed by atoms with van der Waals surface area (Å²) >= 11 is 6.01. The highest BCUT2D eigenvalue weighted by atomic mass is 35.5. The molecule has 0 aliphatic carbocycles. The van der Waals surface area contributed by atoms with E-state index in [4.69, 9.17) is 16.3 Å². The molecule has 6 heteroatoms. The molecule has 2 amide bonds. The van der Waals surface area contributed by atoms with Crippen LogP contribution in [0.4, 0.5) is 0 Å². The van der Waals surface area contributed by atoms with Gasteiger partial charge >= 0.3 is 0 Å². The van der Waals surface area contributed by atoms with Gasteiger partial charge in [0.15, 0.2) is 0 Å². The molecule has 0 radical (unpaired) electrons. The quantitative estimate of drug-likeness (QED) is 0.805. The zero-order valence-electron chi connectivity index (χ0n) is 14.7. The number of benzene rings is 1. The Balaban J connectivity index is 1.71. The van der Waals surface area contributed by atoms with Crippen LogP contribution in [0.15, 0.2) is 18.2 Å². The molecule has 1 aromatic rings. The second-order valence-electron chi connectivity index (χ2n) is 6.77. The van der Waals surface area contributed by atoms with Gasteiger partial charge in [0.2, 0.25) is 5.91 Å². The highest BCUT2D eigenvalue weighted by Gasteiger charge is 2.30. The van der Waals surface area contributed by atoms with Crippen LogP contribution < -0.4 is 4.74 Å². The smallest absolute Gasteiger partial charge is 0.257 e. The van der Waals surface area contributed by atoms with Crippen molar-refractivity contribution in [3.63, 3.8) is 0 Å². The van der Waals surface area contributed by atoms with Gasteiger partial charge in [-0.05, 0) is 50.3 Å². The van der Waals surface area contributed by atoms with E-state index in [-0.39, 0.29) is 17.9 Å². The average molecular weight is 365 g/mol. The number of ether oxygens (including phenoxy) is 1. The normalized spacial score (nSPS) is 20.9. The zero-order chi connectivity index (χ0) is 17.8. The standard InChI is InChI=1S/C19H25ClN2O3/c1-25-17-13-14(20)7-8-16(17)19(24)22-11-3-2-5-15(22)9-12-21-10-4-6-18(21)23/h7-8,13,15H,2-6,9-12H2,1H3/t15-/m1/s1. The molecular formula is C19H25ClN2O3. The van der Waals surface area contributed by atoms with Crippen LogP contribution in [0.25, 0.3) is 0 Å². The number of nitrogens with zero attached hydrogens (tertiary/aromatic N) is 2. The Hall–Kier alpha value is -1.75. The van der Waals surface area contributed by atoms with Crippen LogP contribution in [-0.2, 0) is 4.79 Å². The Labute approximate surface area is 153 Å². The topological polar surface area (TPSA) is 49.9 Å². The van der Waals surface area contributed by atoms with Crippen LogP contribution in [0, 0.1) is 0 Å². The first-order chi connectivity index (χ1) is 12.1. The molecule has 0 bridgehead atoms. The summed E-state index contributed by atoms with van der Waals surface area (Å²) in [6.07, 6.45) is 5.58. The van der Waals surface area contributed by atoms with E-state index in [0.717, 1.165) is 51.7 Å². The maximum Gasteiger partial charge on any atom is 0.257 e. The number of piperidine rings is 1. The molecule has 1 atom stereocenters. The van der Waals surface area contributed by atoms with E-state index in [1.807, 2.05) is 9.80 Å². The molecule has 0 saturated carbocycles. The number of hydrogen-bond donors (Lipinski definition) is 0. The molecule has 2 aliphatic heterocycles. The average Bonchev–Trinajstić information content (AvgIpc) is 3.04. The number of rotatable bonds is 5.